The van der Waals surface area contributed by atoms with E-state index >= 15 is 0 Å². The highest BCUT2D eigenvalue weighted by atomic mass is 32.2. The summed E-state index contributed by atoms with van der Waals surface area (Å²) in [6.07, 6.45) is 6.02. The molecule has 0 unspecified atom stereocenters. The first kappa shape index (κ1) is 15.5. The molecule has 1 fully saturated rings. The molecule has 0 radical (unpaired) electrons. The Balaban J connectivity index is 1.86. The minimum atomic E-state index is -3.25. The van der Waals surface area contributed by atoms with Crippen molar-refractivity contribution in [3.8, 4) is 0 Å². The lowest BCUT2D eigenvalue weighted by atomic mass is 9.98. The first-order valence-electron chi connectivity index (χ1n) is 7.25. The molecular weight excluding hydrogens is 274 g/mol. The minimum absolute atomic E-state index is 0.0471. The highest BCUT2D eigenvalue weighted by Gasteiger charge is 2.17. The number of sulfone groups is 1. The monoisotopic (exact) mass is 297 g/mol. The van der Waals surface area contributed by atoms with E-state index in [-0.39, 0.29) is 18.5 Å². The second kappa shape index (κ2) is 7.20. The number of hydrogen-bond donors (Lipinski definition) is 1. The Bertz CT molecular complexity index is 504. The van der Waals surface area contributed by atoms with Crippen molar-refractivity contribution in [3.63, 3.8) is 0 Å². The van der Waals surface area contributed by atoms with E-state index in [1.165, 1.54) is 19.3 Å². The first-order valence-corrected chi connectivity index (χ1v) is 8.90. The van der Waals surface area contributed by atoms with Crippen LogP contribution in [0.1, 0.15) is 37.7 Å². The van der Waals surface area contributed by atoms with E-state index in [2.05, 4.69) is 0 Å². The molecule has 1 aliphatic carbocycles. The van der Waals surface area contributed by atoms with Crippen LogP contribution in [0, 0.1) is 0 Å². The van der Waals surface area contributed by atoms with Gasteiger partial charge in [-0.3, -0.25) is 0 Å². The molecule has 1 aromatic carbocycles. The fourth-order valence-electron chi connectivity index (χ4n) is 2.51. The molecule has 1 saturated carbocycles. The van der Waals surface area contributed by atoms with Gasteiger partial charge in [0.25, 0.3) is 0 Å². The van der Waals surface area contributed by atoms with Gasteiger partial charge < -0.3 is 10.5 Å². The molecule has 2 rings (SSSR count). The quantitative estimate of drug-likeness (QED) is 0.874. The van der Waals surface area contributed by atoms with Crippen molar-refractivity contribution in [3.05, 3.63) is 29.8 Å². The molecule has 0 atom stereocenters. The number of hydrogen-bond acceptors (Lipinski definition) is 4. The minimum Gasteiger partial charge on any atom is -0.377 e. The van der Waals surface area contributed by atoms with E-state index in [0.717, 1.165) is 18.4 Å². The van der Waals surface area contributed by atoms with Crippen LogP contribution in [0.3, 0.4) is 0 Å². The third kappa shape index (κ3) is 4.30. The molecule has 0 aliphatic heterocycles. The lowest BCUT2D eigenvalue weighted by molar-refractivity contribution is 0.0379. The molecule has 112 valence electrons. The molecule has 0 bridgehead atoms. The van der Waals surface area contributed by atoms with E-state index in [4.69, 9.17) is 10.5 Å². The number of nitrogens with two attached hydrogens (primary N) is 1. The van der Waals surface area contributed by atoms with Crippen molar-refractivity contribution in [2.75, 3.05) is 12.4 Å². The Morgan fingerprint density at radius 3 is 2.35 bits per heavy atom. The molecule has 0 amide bonds. The van der Waals surface area contributed by atoms with Crippen molar-refractivity contribution < 1.29 is 13.2 Å². The van der Waals surface area contributed by atoms with Crippen LogP contribution in [0.5, 0.6) is 0 Å². The van der Waals surface area contributed by atoms with Gasteiger partial charge in [-0.15, -0.1) is 0 Å². The maximum absolute atomic E-state index is 12.2. The van der Waals surface area contributed by atoms with Gasteiger partial charge in [0.1, 0.15) is 0 Å². The fourth-order valence-corrected chi connectivity index (χ4v) is 3.61. The van der Waals surface area contributed by atoms with Gasteiger partial charge in [-0.1, -0.05) is 31.4 Å². The van der Waals surface area contributed by atoms with Gasteiger partial charge in [-0.2, -0.15) is 0 Å². The van der Waals surface area contributed by atoms with Gasteiger partial charge >= 0.3 is 0 Å². The largest absolute Gasteiger partial charge is 0.377 e. The standard InChI is InChI=1S/C15H23NO3S/c16-12-13-6-8-15(9-7-13)20(17,18)11-10-19-14-4-2-1-3-5-14/h6-9,14H,1-5,10-12,16H2. The first-order chi connectivity index (χ1) is 9.62. The van der Waals surface area contributed by atoms with Crippen molar-refractivity contribution in [1.82, 2.24) is 0 Å². The second-order valence-corrected chi connectivity index (χ2v) is 7.41. The molecule has 1 aromatic rings. The van der Waals surface area contributed by atoms with Gasteiger partial charge in [0, 0.05) is 6.54 Å². The lowest BCUT2D eigenvalue weighted by Crippen LogP contribution is -2.21. The summed E-state index contributed by atoms with van der Waals surface area (Å²) in [5.74, 6) is 0.0471. The molecular formula is C15H23NO3S. The number of ether oxygens (including phenoxy) is 1. The van der Waals surface area contributed by atoms with Crippen molar-refractivity contribution in [2.45, 2.75) is 49.6 Å². The smallest absolute Gasteiger partial charge is 0.180 e. The van der Waals surface area contributed by atoms with Gasteiger partial charge in [-0.25, -0.2) is 8.42 Å². The van der Waals surface area contributed by atoms with Crippen molar-refractivity contribution in [2.24, 2.45) is 5.73 Å². The summed E-state index contributed by atoms with van der Waals surface area (Å²) in [5, 5.41) is 0. The molecule has 5 heteroatoms. The summed E-state index contributed by atoms with van der Waals surface area (Å²) in [6.45, 7) is 0.705. The SMILES string of the molecule is NCc1ccc(S(=O)(=O)CCOC2CCCCC2)cc1. The van der Waals surface area contributed by atoms with E-state index < -0.39 is 9.84 Å². The zero-order valence-corrected chi connectivity index (χ0v) is 12.6. The Morgan fingerprint density at radius 1 is 1.10 bits per heavy atom. The predicted octanol–water partition coefficient (Wildman–Crippen LogP) is 2.27. The summed E-state index contributed by atoms with van der Waals surface area (Å²) in [7, 11) is -3.25. The predicted molar refractivity (Wildman–Crippen MR) is 79.2 cm³/mol. The molecule has 4 nitrogen and oxygen atoms in total. The second-order valence-electron chi connectivity index (χ2n) is 5.30. The molecule has 0 saturated heterocycles. The van der Waals surface area contributed by atoms with E-state index in [0.29, 0.717) is 11.4 Å². The Kier molecular flexibility index (Phi) is 5.57. The number of benzene rings is 1. The Labute approximate surface area is 121 Å². The van der Waals surface area contributed by atoms with Crippen LogP contribution in [0.4, 0.5) is 0 Å². The maximum atomic E-state index is 12.2. The number of rotatable bonds is 6. The van der Waals surface area contributed by atoms with E-state index in [9.17, 15) is 8.42 Å². The summed E-state index contributed by atoms with van der Waals surface area (Å²) in [5.41, 5.74) is 6.44. The fraction of sp³-hybridized carbons (Fsp3) is 0.600. The van der Waals surface area contributed by atoms with Gasteiger partial charge in [0.2, 0.25) is 0 Å². The summed E-state index contributed by atoms with van der Waals surface area (Å²) < 4.78 is 30.0. The van der Waals surface area contributed by atoms with Crippen LogP contribution < -0.4 is 5.73 Å². The van der Waals surface area contributed by atoms with Crippen LogP contribution in [-0.4, -0.2) is 26.9 Å². The average Bonchev–Trinajstić information content (AvgIpc) is 2.48. The molecule has 0 aromatic heterocycles. The van der Waals surface area contributed by atoms with Crippen molar-refractivity contribution >= 4 is 9.84 Å². The highest BCUT2D eigenvalue weighted by molar-refractivity contribution is 7.91. The zero-order valence-electron chi connectivity index (χ0n) is 11.8. The normalized spacial score (nSPS) is 17.2. The van der Waals surface area contributed by atoms with Gasteiger partial charge in [-0.05, 0) is 30.5 Å². The molecule has 20 heavy (non-hydrogen) atoms. The Hall–Kier alpha value is -0.910. The summed E-state index contributed by atoms with van der Waals surface area (Å²) in [4.78, 5) is 0.349. The van der Waals surface area contributed by atoms with Crippen LogP contribution in [0.25, 0.3) is 0 Å². The van der Waals surface area contributed by atoms with Crippen LogP contribution in [0.2, 0.25) is 0 Å². The summed E-state index contributed by atoms with van der Waals surface area (Å²) in [6, 6.07) is 6.76. The van der Waals surface area contributed by atoms with Crippen molar-refractivity contribution in [1.29, 1.82) is 0 Å². The van der Waals surface area contributed by atoms with Crippen LogP contribution >= 0.6 is 0 Å². The van der Waals surface area contributed by atoms with E-state index in [1.54, 1.807) is 24.3 Å². The molecule has 2 N–H and O–H groups in total. The van der Waals surface area contributed by atoms with Crippen LogP contribution in [-0.2, 0) is 21.1 Å². The van der Waals surface area contributed by atoms with Gasteiger partial charge in [0.05, 0.1) is 23.4 Å². The third-order valence-electron chi connectivity index (χ3n) is 3.78. The lowest BCUT2D eigenvalue weighted by Gasteiger charge is -2.21. The molecule has 0 spiro atoms. The highest BCUT2D eigenvalue weighted by Crippen LogP contribution is 2.20. The average molecular weight is 297 g/mol. The van der Waals surface area contributed by atoms with E-state index in [1.807, 2.05) is 0 Å². The van der Waals surface area contributed by atoms with Gasteiger partial charge in [0.15, 0.2) is 9.84 Å². The zero-order chi connectivity index (χ0) is 14.4. The third-order valence-corrected chi connectivity index (χ3v) is 5.47. The van der Waals surface area contributed by atoms with Crippen LogP contribution in [0.15, 0.2) is 29.2 Å². The topological polar surface area (TPSA) is 69.4 Å². The maximum Gasteiger partial charge on any atom is 0.180 e. The molecule has 1 aliphatic rings. The Morgan fingerprint density at radius 2 is 1.75 bits per heavy atom. The molecule has 0 heterocycles. The summed E-state index contributed by atoms with van der Waals surface area (Å²) >= 11 is 0.